The van der Waals surface area contributed by atoms with Gasteiger partial charge in [-0.25, -0.2) is 0 Å². The van der Waals surface area contributed by atoms with Crippen LogP contribution in [0.25, 0.3) is 12.2 Å². The lowest BCUT2D eigenvalue weighted by Crippen LogP contribution is -1.98. The van der Waals surface area contributed by atoms with E-state index < -0.39 is 0 Å². The molecule has 3 heteroatoms. The number of phenolic OH excluding ortho intramolecular Hbond substituents is 1. The lowest BCUT2D eigenvalue weighted by Gasteiger charge is -2.12. The van der Waals surface area contributed by atoms with Gasteiger partial charge >= 0.3 is 0 Å². The molecule has 0 aromatic heterocycles. The summed E-state index contributed by atoms with van der Waals surface area (Å²) >= 11 is 0. The molecule has 2 aromatic carbocycles. The smallest absolute Gasteiger partial charge is 0.134 e. The van der Waals surface area contributed by atoms with E-state index in [4.69, 9.17) is 9.47 Å². The molecule has 0 atom stereocenters. The van der Waals surface area contributed by atoms with Crippen molar-refractivity contribution in [3.63, 3.8) is 0 Å². The first-order chi connectivity index (χ1) is 11.2. The van der Waals surface area contributed by atoms with Gasteiger partial charge in [0.2, 0.25) is 0 Å². The number of rotatable bonds is 8. The van der Waals surface area contributed by atoms with Crippen LogP contribution in [0, 0.1) is 0 Å². The van der Waals surface area contributed by atoms with E-state index in [0.29, 0.717) is 30.3 Å². The predicted octanol–water partition coefficient (Wildman–Crippen LogP) is 4.69. The Morgan fingerprint density at radius 2 is 1.61 bits per heavy atom. The second-order valence-corrected chi connectivity index (χ2v) is 4.80. The quantitative estimate of drug-likeness (QED) is 0.568. The van der Waals surface area contributed by atoms with E-state index in [1.165, 1.54) is 0 Å². The average molecular weight is 308 g/mol. The summed E-state index contributed by atoms with van der Waals surface area (Å²) in [6, 6.07) is 13.2. The molecule has 0 unspecified atom stereocenters. The molecule has 0 saturated carbocycles. The summed E-state index contributed by atoms with van der Waals surface area (Å²) in [5.74, 6) is 1.16. The van der Waals surface area contributed by atoms with Crippen LogP contribution < -0.4 is 9.47 Å². The zero-order chi connectivity index (χ0) is 16.5. The topological polar surface area (TPSA) is 38.7 Å². The first kappa shape index (κ1) is 16.4. The third-order valence-corrected chi connectivity index (χ3v) is 3.06. The van der Waals surface area contributed by atoms with E-state index in [2.05, 4.69) is 13.2 Å². The third kappa shape index (κ3) is 4.78. The van der Waals surface area contributed by atoms with Crippen LogP contribution >= 0.6 is 0 Å². The van der Waals surface area contributed by atoms with Crippen molar-refractivity contribution in [2.24, 2.45) is 0 Å². The third-order valence-electron chi connectivity index (χ3n) is 3.06. The Hall–Kier alpha value is -2.94. The Balaban J connectivity index is 2.33. The van der Waals surface area contributed by atoms with Crippen LogP contribution in [0.1, 0.15) is 11.1 Å². The van der Waals surface area contributed by atoms with E-state index in [0.717, 1.165) is 5.56 Å². The Bertz CT molecular complexity index is 688. The first-order valence-corrected chi connectivity index (χ1v) is 7.32. The number of benzene rings is 2. The summed E-state index contributed by atoms with van der Waals surface area (Å²) in [6.45, 7) is 7.96. The summed E-state index contributed by atoms with van der Waals surface area (Å²) in [5, 5.41) is 10.3. The van der Waals surface area contributed by atoms with Crippen molar-refractivity contribution in [3.8, 4) is 17.2 Å². The van der Waals surface area contributed by atoms with Crippen LogP contribution in [0.3, 0.4) is 0 Å². The zero-order valence-corrected chi connectivity index (χ0v) is 12.9. The highest BCUT2D eigenvalue weighted by Crippen LogP contribution is 2.35. The van der Waals surface area contributed by atoms with Crippen molar-refractivity contribution in [3.05, 3.63) is 78.9 Å². The monoisotopic (exact) mass is 308 g/mol. The van der Waals surface area contributed by atoms with E-state index in [1.807, 2.05) is 42.5 Å². The molecule has 2 rings (SSSR count). The van der Waals surface area contributed by atoms with Crippen molar-refractivity contribution in [1.82, 2.24) is 0 Å². The molecule has 1 N–H and O–H groups in total. The normalized spacial score (nSPS) is 10.4. The fourth-order valence-corrected chi connectivity index (χ4v) is 2.01. The van der Waals surface area contributed by atoms with Crippen LogP contribution in [0.4, 0.5) is 0 Å². The molecule has 23 heavy (non-hydrogen) atoms. The number of ether oxygens (including phenoxy) is 2. The molecule has 0 spiro atoms. The van der Waals surface area contributed by atoms with Gasteiger partial charge in [0.05, 0.1) is 5.56 Å². The Morgan fingerprint density at radius 3 is 2.30 bits per heavy atom. The molecule has 2 aromatic rings. The van der Waals surface area contributed by atoms with Gasteiger partial charge in [-0.1, -0.05) is 61.7 Å². The van der Waals surface area contributed by atoms with Crippen molar-refractivity contribution in [2.75, 3.05) is 13.2 Å². The van der Waals surface area contributed by atoms with Crippen LogP contribution in [-0.4, -0.2) is 18.3 Å². The van der Waals surface area contributed by atoms with Gasteiger partial charge < -0.3 is 14.6 Å². The predicted molar refractivity (Wildman–Crippen MR) is 94.9 cm³/mol. The van der Waals surface area contributed by atoms with Crippen molar-refractivity contribution >= 4 is 12.2 Å². The standard InChI is InChI=1S/C20H20O3/c1-3-12-22-17-14-19(21)18(20(15-17)23-13-4-2)11-10-16-8-6-5-7-9-16/h3-11,14-15,21H,1-2,12-13H2. The van der Waals surface area contributed by atoms with Gasteiger partial charge in [-0.2, -0.15) is 0 Å². The molecular formula is C20H20O3. The van der Waals surface area contributed by atoms with E-state index in [1.54, 1.807) is 24.3 Å². The molecule has 0 fully saturated rings. The molecule has 0 heterocycles. The van der Waals surface area contributed by atoms with Gasteiger partial charge in [0.25, 0.3) is 0 Å². The fourth-order valence-electron chi connectivity index (χ4n) is 2.01. The average Bonchev–Trinajstić information content (AvgIpc) is 2.58. The summed E-state index contributed by atoms with van der Waals surface area (Å²) < 4.78 is 11.1. The van der Waals surface area contributed by atoms with E-state index >= 15 is 0 Å². The van der Waals surface area contributed by atoms with Gasteiger partial charge in [0.1, 0.15) is 30.5 Å². The highest BCUT2D eigenvalue weighted by Gasteiger charge is 2.10. The number of hydrogen-bond donors (Lipinski definition) is 1. The second-order valence-electron chi connectivity index (χ2n) is 4.80. The zero-order valence-electron chi connectivity index (χ0n) is 12.9. The largest absolute Gasteiger partial charge is 0.507 e. The van der Waals surface area contributed by atoms with Crippen molar-refractivity contribution in [2.45, 2.75) is 0 Å². The van der Waals surface area contributed by atoms with Gasteiger partial charge in [-0.15, -0.1) is 0 Å². The molecule has 0 saturated heterocycles. The summed E-state index contributed by atoms with van der Waals surface area (Å²) in [7, 11) is 0. The molecule has 3 nitrogen and oxygen atoms in total. The van der Waals surface area contributed by atoms with Crippen LogP contribution in [0.5, 0.6) is 17.2 Å². The fraction of sp³-hybridized carbons (Fsp3) is 0.100. The van der Waals surface area contributed by atoms with Gasteiger partial charge in [0.15, 0.2) is 0 Å². The highest BCUT2D eigenvalue weighted by atomic mass is 16.5. The van der Waals surface area contributed by atoms with Gasteiger partial charge in [0, 0.05) is 12.1 Å². The van der Waals surface area contributed by atoms with E-state index in [9.17, 15) is 5.11 Å². The Kier molecular flexibility index (Phi) is 6.07. The van der Waals surface area contributed by atoms with Crippen molar-refractivity contribution < 1.29 is 14.6 Å². The number of hydrogen-bond acceptors (Lipinski definition) is 3. The Morgan fingerprint density at radius 1 is 0.913 bits per heavy atom. The molecule has 0 bridgehead atoms. The molecular weight excluding hydrogens is 288 g/mol. The summed E-state index contributed by atoms with van der Waals surface area (Å²) in [6.07, 6.45) is 7.03. The SMILES string of the molecule is C=CCOc1cc(O)c(C=Cc2ccccc2)c(OCC=C)c1. The minimum Gasteiger partial charge on any atom is -0.507 e. The number of aromatic hydroxyl groups is 1. The van der Waals surface area contributed by atoms with Crippen LogP contribution in [0.15, 0.2) is 67.8 Å². The van der Waals surface area contributed by atoms with Crippen molar-refractivity contribution in [1.29, 1.82) is 0 Å². The molecule has 0 radical (unpaired) electrons. The van der Waals surface area contributed by atoms with Crippen LogP contribution in [0.2, 0.25) is 0 Å². The minimum absolute atomic E-state index is 0.0952. The summed E-state index contributed by atoms with van der Waals surface area (Å²) in [4.78, 5) is 0. The van der Waals surface area contributed by atoms with Gasteiger partial charge in [-0.3, -0.25) is 0 Å². The molecule has 0 aliphatic heterocycles. The lowest BCUT2D eigenvalue weighted by atomic mass is 10.1. The molecule has 118 valence electrons. The highest BCUT2D eigenvalue weighted by molar-refractivity contribution is 5.76. The minimum atomic E-state index is 0.0952. The molecule has 0 aliphatic rings. The molecule has 0 aliphatic carbocycles. The maximum absolute atomic E-state index is 10.3. The van der Waals surface area contributed by atoms with Crippen LogP contribution in [-0.2, 0) is 0 Å². The maximum atomic E-state index is 10.3. The Labute approximate surface area is 136 Å². The number of phenols is 1. The van der Waals surface area contributed by atoms with E-state index in [-0.39, 0.29) is 5.75 Å². The lowest BCUT2D eigenvalue weighted by molar-refractivity contribution is 0.339. The van der Waals surface area contributed by atoms with Gasteiger partial charge in [-0.05, 0) is 11.6 Å². The second kappa shape index (κ2) is 8.49. The molecule has 0 amide bonds. The summed E-state index contributed by atoms with van der Waals surface area (Å²) in [5.41, 5.74) is 1.63. The maximum Gasteiger partial charge on any atom is 0.134 e. The first-order valence-electron chi connectivity index (χ1n) is 7.32.